The van der Waals surface area contributed by atoms with Crippen molar-refractivity contribution in [2.24, 2.45) is 0 Å². The van der Waals surface area contributed by atoms with Crippen molar-refractivity contribution in [3.63, 3.8) is 0 Å². The maximum absolute atomic E-state index is 11.7. The number of ether oxygens (including phenoxy) is 1. The molecule has 0 radical (unpaired) electrons. The first kappa shape index (κ1) is 17.8. The van der Waals surface area contributed by atoms with E-state index in [9.17, 15) is 4.79 Å². The molecule has 1 heterocycles. The van der Waals surface area contributed by atoms with Gasteiger partial charge in [-0.3, -0.25) is 0 Å². The number of nitrogen functional groups attached to an aromatic ring is 2. The minimum absolute atomic E-state index is 0.110. The Kier molecular flexibility index (Phi) is 5.09. The van der Waals surface area contributed by atoms with E-state index >= 15 is 0 Å². The summed E-state index contributed by atoms with van der Waals surface area (Å²) in [4.78, 5) is 19.8. The van der Waals surface area contributed by atoms with Gasteiger partial charge in [-0.2, -0.15) is 4.98 Å². The van der Waals surface area contributed by atoms with Gasteiger partial charge in [-0.05, 0) is 42.8 Å². The maximum Gasteiger partial charge on any atom is 0.338 e. The maximum atomic E-state index is 11.7. The number of carbonyl (C=O) groups excluding carboxylic acids is 1. The van der Waals surface area contributed by atoms with Crippen molar-refractivity contribution in [2.75, 3.05) is 23.4 Å². The standard InChI is InChI=1S/C18H18ClN5O2/c1-2-26-17(25)10-3-6-12(7-4-10)22-9-11-5-8-13-14(15(11)19)16(20)24-18(21)23-13/h3-8,22H,2,9H2,1H3,(H4,20,21,23,24). The number of aromatic nitrogens is 2. The van der Waals surface area contributed by atoms with E-state index in [1.54, 1.807) is 37.3 Å². The van der Waals surface area contributed by atoms with Crippen molar-refractivity contribution in [2.45, 2.75) is 13.5 Å². The number of nitrogens with one attached hydrogen (secondary N) is 1. The van der Waals surface area contributed by atoms with Crippen LogP contribution in [0, 0.1) is 0 Å². The monoisotopic (exact) mass is 371 g/mol. The number of halogens is 1. The molecule has 0 bridgehead atoms. The number of anilines is 3. The molecule has 134 valence electrons. The zero-order valence-electron chi connectivity index (χ0n) is 14.1. The van der Waals surface area contributed by atoms with Crippen LogP contribution < -0.4 is 16.8 Å². The highest BCUT2D eigenvalue weighted by Gasteiger charge is 2.12. The fraction of sp³-hybridized carbons (Fsp3) is 0.167. The Labute approximate surface area is 155 Å². The summed E-state index contributed by atoms with van der Waals surface area (Å²) >= 11 is 6.46. The molecule has 0 saturated heterocycles. The van der Waals surface area contributed by atoms with Crippen LogP contribution in [0.15, 0.2) is 36.4 Å². The van der Waals surface area contributed by atoms with Gasteiger partial charge in [0.2, 0.25) is 5.95 Å². The highest BCUT2D eigenvalue weighted by molar-refractivity contribution is 6.37. The number of nitrogens with zero attached hydrogens (tertiary/aromatic N) is 2. The summed E-state index contributed by atoms with van der Waals surface area (Å²) in [5.74, 6) is 0.0168. The third-order valence-electron chi connectivity index (χ3n) is 3.81. The number of carbonyl (C=O) groups is 1. The van der Waals surface area contributed by atoms with Crippen LogP contribution in [0.4, 0.5) is 17.5 Å². The summed E-state index contributed by atoms with van der Waals surface area (Å²) in [6.45, 7) is 2.59. The van der Waals surface area contributed by atoms with Gasteiger partial charge in [-0.25, -0.2) is 9.78 Å². The van der Waals surface area contributed by atoms with Crippen molar-refractivity contribution < 1.29 is 9.53 Å². The van der Waals surface area contributed by atoms with Gasteiger partial charge in [-0.1, -0.05) is 17.7 Å². The lowest BCUT2D eigenvalue weighted by Gasteiger charge is -2.11. The van der Waals surface area contributed by atoms with Gasteiger partial charge >= 0.3 is 5.97 Å². The van der Waals surface area contributed by atoms with Gasteiger partial charge in [0.15, 0.2) is 0 Å². The van der Waals surface area contributed by atoms with E-state index in [1.165, 1.54) is 0 Å². The molecule has 0 aliphatic rings. The number of nitrogens with two attached hydrogens (primary N) is 2. The van der Waals surface area contributed by atoms with Crippen LogP contribution in [0.1, 0.15) is 22.8 Å². The molecule has 26 heavy (non-hydrogen) atoms. The van der Waals surface area contributed by atoms with Crippen LogP contribution in [0.25, 0.3) is 10.9 Å². The highest BCUT2D eigenvalue weighted by Crippen LogP contribution is 2.30. The van der Waals surface area contributed by atoms with Crippen molar-refractivity contribution in [3.05, 3.63) is 52.5 Å². The Bertz CT molecular complexity index is 960. The van der Waals surface area contributed by atoms with Gasteiger partial charge in [0.1, 0.15) is 5.82 Å². The van der Waals surface area contributed by atoms with Crippen molar-refractivity contribution >= 4 is 45.9 Å². The first-order valence-corrected chi connectivity index (χ1v) is 8.38. The summed E-state index contributed by atoms with van der Waals surface area (Å²) < 4.78 is 4.96. The third kappa shape index (κ3) is 3.62. The predicted octanol–water partition coefficient (Wildman–Crippen LogP) is 3.24. The molecule has 1 aromatic heterocycles. The van der Waals surface area contributed by atoms with Crippen LogP contribution in [0.3, 0.4) is 0 Å². The zero-order chi connectivity index (χ0) is 18.7. The lowest BCUT2D eigenvalue weighted by molar-refractivity contribution is 0.0526. The lowest BCUT2D eigenvalue weighted by Crippen LogP contribution is -2.06. The van der Waals surface area contributed by atoms with Crippen molar-refractivity contribution in [3.8, 4) is 0 Å². The summed E-state index contributed by atoms with van der Waals surface area (Å²) in [7, 11) is 0. The molecule has 3 aromatic rings. The van der Waals surface area contributed by atoms with E-state index in [-0.39, 0.29) is 17.7 Å². The third-order valence-corrected chi connectivity index (χ3v) is 4.24. The SMILES string of the molecule is CCOC(=O)c1ccc(NCc2ccc3nc(N)nc(N)c3c2Cl)cc1. The van der Waals surface area contributed by atoms with Crippen LogP contribution in [-0.4, -0.2) is 22.5 Å². The number of rotatable bonds is 5. The molecule has 0 saturated carbocycles. The molecular weight excluding hydrogens is 354 g/mol. The molecule has 5 N–H and O–H groups in total. The van der Waals surface area contributed by atoms with E-state index in [2.05, 4.69) is 15.3 Å². The van der Waals surface area contributed by atoms with Gasteiger partial charge in [0.25, 0.3) is 0 Å². The average Bonchev–Trinajstić information content (AvgIpc) is 2.61. The van der Waals surface area contributed by atoms with E-state index in [1.807, 2.05) is 6.07 Å². The largest absolute Gasteiger partial charge is 0.462 e. The van der Waals surface area contributed by atoms with E-state index in [0.717, 1.165) is 11.3 Å². The average molecular weight is 372 g/mol. The molecule has 0 atom stereocenters. The second kappa shape index (κ2) is 7.45. The normalized spacial score (nSPS) is 10.7. The fourth-order valence-electron chi connectivity index (χ4n) is 2.55. The minimum atomic E-state index is -0.341. The Morgan fingerprint density at radius 2 is 1.88 bits per heavy atom. The smallest absolute Gasteiger partial charge is 0.338 e. The quantitative estimate of drug-likeness (QED) is 0.589. The molecular formula is C18H18ClN5O2. The summed E-state index contributed by atoms with van der Waals surface area (Å²) in [5, 5.41) is 4.32. The van der Waals surface area contributed by atoms with Crippen LogP contribution in [-0.2, 0) is 11.3 Å². The second-order valence-electron chi connectivity index (χ2n) is 5.55. The van der Waals surface area contributed by atoms with Gasteiger partial charge < -0.3 is 21.5 Å². The van der Waals surface area contributed by atoms with Gasteiger partial charge in [0.05, 0.1) is 28.1 Å². The molecule has 0 amide bonds. The minimum Gasteiger partial charge on any atom is -0.462 e. The summed E-state index contributed by atoms with van der Waals surface area (Å²) in [6, 6.07) is 10.7. The molecule has 0 fully saturated rings. The molecule has 2 aromatic carbocycles. The molecule has 0 aliphatic carbocycles. The van der Waals surface area contributed by atoms with Crippen LogP contribution in [0.5, 0.6) is 0 Å². The Morgan fingerprint density at radius 3 is 2.58 bits per heavy atom. The number of hydrogen-bond acceptors (Lipinski definition) is 7. The first-order chi connectivity index (χ1) is 12.5. The second-order valence-corrected chi connectivity index (χ2v) is 5.93. The van der Waals surface area contributed by atoms with Crippen molar-refractivity contribution in [1.29, 1.82) is 0 Å². The topological polar surface area (TPSA) is 116 Å². The van der Waals surface area contributed by atoms with Gasteiger partial charge in [-0.15, -0.1) is 0 Å². The molecule has 3 rings (SSSR count). The Hall–Kier alpha value is -3.06. The Morgan fingerprint density at radius 1 is 1.15 bits per heavy atom. The molecule has 7 nitrogen and oxygen atoms in total. The number of fused-ring (bicyclic) bond motifs is 1. The van der Waals surface area contributed by atoms with E-state index < -0.39 is 0 Å². The summed E-state index contributed by atoms with van der Waals surface area (Å²) in [6.07, 6.45) is 0. The fourth-order valence-corrected chi connectivity index (χ4v) is 2.87. The number of hydrogen-bond donors (Lipinski definition) is 3. The number of benzene rings is 2. The molecule has 0 spiro atoms. The Balaban J connectivity index is 1.77. The predicted molar refractivity (Wildman–Crippen MR) is 103 cm³/mol. The zero-order valence-corrected chi connectivity index (χ0v) is 14.9. The van der Waals surface area contributed by atoms with E-state index in [0.29, 0.717) is 34.6 Å². The molecule has 0 unspecified atom stereocenters. The number of esters is 1. The molecule has 8 heteroatoms. The van der Waals surface area contributed by atoms with E-state index in [4.69, 9.17) is 27.8 Å². The van der Waals surface area contributed by atoms with Gasteiger partial charge in [0, 0.05) is 12.2 Å². The van der Waals surface area contributed by atoms with Crippen LogP contribution in [0.2, 0.25) is 5.02 Å². The van der Waals surface area contributed by atoms with Crippen molar-refractivity contribution in [1.82, 2.24) is 9.97 Å². The highest BCUT2D eigenvalue weighted by atomic mass is 35.5. The first-order valence-electron chi connectivity index (χ1n) is 8.00. The molecule has 0 aliphatic heterocycles. The lowest BCUT2D eigenvalue weighted by atomic mass is 10.1. The summed E-state index contributed by atoms with van der Waals surface area (Å²) in [5.41, 5.74) is 14.3. The van der Waals surface area contributed by atoms with Crippen LogP contribution >= 0.6 is 11.6 Å².